The first-order chi connectivity index (χ1) is 5.93. The summed E-state index contributed by atoms with van der Waals surface area (Å²) in [6.45, 7) is 1.75. The number of aliphatic hydroxyl groups excluding tert-OH is 1. The molecular formula is C9H17NO3. The van der Waals surface area contributed by atoms with E-state index in [1.54, 1.807) is 19.0 Å². The maximum absolute atomic E-state index is 11.2. The van der Waals surface area contributed by atoms with Crippen molar-refractivity contribution < 1.29 is 14.7 Å². The topological polar surface area (TPSA) is 57.6 Å². The molecule has 0 spiro atoms. The van der Waals surface area contributed by atoms with Crippen LogP contribution in [0, 0.1) is 0 Å². The van der Waals surface area contributed by atoms with Gasteiger partial charge >= 0.3 is 0 Å². The highest BCUT2D eigenvalue weighted by molar-refractivity contribution is 5.87. The summed E-state index contributed by atoms with van der Waals surface area (Å²) in [5.41, 5.74) is 0. The Morgan fingerprint density at radius 2 is 1.85 bits per heavy atom. The zero-order valence-electron chi connectivity index (χ0n) is 8.41. The summed E-state index contributed by atoms with van der Waals surface area (Å²) in [6, 6.07) is 0. The molecule has 1 atom stereocenters. The van der Waals surface area contributed by atoms with Crippen molar-refractivity contribution >= 4 is 11.6 Å². The standard InChI is InChI=1S/C9H17NO3/c1-7(11)4-5-8(12)9(13)6-10(2)3/h9,13H,4-6H2,1-3H3. The van der Waals surface area contributed by atoms with Crippen LogP contribution < -0.4 is 0 Å². The van der Waals surface area contributed by atoms with Crippen molar-refractivity contribution in [2.45, 2.75) is 25.9 Å². The minimum Gasteiger partial charge on any atom is -0.384 e. The molecule has 0 aromatic rings. The van der Waals surface area contributed by atoms with Crippen molar-refractivity contribution in [2.75, 3.05) is 20.6 Å². The largest absolute Gasteiger partial charge is 0.384 e. The van der Waals surface area contributed by atoms with Gasteiger partial charge in [-0.1, -0.05) is 0 Å². The van der Waals surface area contributed by atoms with Gasteiger partial charge in [-0.15, -0.1) is 0 Å². The molecule has 0 aliphatic heterocycles. The molecule has 0 heterocycles. The molecule has 1 unspecified atom stereocenters. The van der Waals surface area contributed by atoms with E-state index in [9.17, 15) is 14.7 Å². The Morgan fingerprint density at radius 3 is 2.23 bits per heavy atom. The number of Topliss-reactive ketones (excluding diaryl/α,β-unsaturated/α-hetero) is 2. The maximum atomic E-state index is 11.2. The predicted octanol–water partition coefficient (Wildman–Crippen LogP) is -0.153. The summed E-state index contributed by atoms with van der Waals surface area (Å²) >= 11 is 0. The van der Waals surface area contributed by atoms with E-state index >= 15 is 0 Å². The van der Waals surface area contributed by atoms with Gasteiger partial charge in [0.15, 0.2) is 5.78 Å². The highest BCUT2D eigenvalue weighted by Gasteiger charge is 2.15. The highest BCUT2D eigenvalue weighted by Crippen LogP contribution is 1.98. The number of carbonyl (C=O) groups excluding carboxylic acids is 2. The quantitative estimate of drug-likeness (QED) is 0.628. The van der Waals surface area contributed by atoms with Crippen LogP contribution >= 0.6 is 0 Å². The van der Waals surface area contributed by atoms with Crippen molar-refractivity contribution in [2.24, 2.45) is 0 Å². The van der Waals surface area contributed by atoms with Gasteiger partial charge in [0.05, 0.1) is 0 Å². The van der Waals surface area contributed by atoms with Crippen LogP contribution in [0.25, 0.3) is 0 Å². The third kappa shape index (κ3) is 6.42. The second kappa shape index (κ2) is 5.83. The molecule has 1 N–H and O–H groups in total. The summed E-state index contributed by atoms with van der Waals surface area (Å²) < 4.78 is 0. The molecule has 0 fully saturated rings. The van der Waals surface area contributed by atoms with Crippen molar-refractivity contribution in [3.63, 3.8) is 0 Å². The fourth-order valence-corrected chi connectivity index (χ4v) is 0.914. The maximum Gasteiger partial charge on any atom is 0.163 e. The first kappa shape index (κ1) is 12.3. The average Bonchev–Trinajstić information content (AvgIpc) is 1.98. The molecule has 4 heteroatoms. The SMILES string of the molecule is CC(=O)CCC(=O)C(O)CN(C)C. The summed E-state index contributed by atoms with van der Waals surface area (Å²) in [5, 5.41) is 9.30. The Kier molecular flexibility index (Phi) is 5.50. The summed E-state index contributed by atoms with van der Waals surface area (Å²) in [5.74, 6) is -0.283. The molecule has 0 amide bonds. The third-order valence-corrected chi connectivity index (χ3v) is 1.63. The van der Waals surface area contributed by atoms with Gasteiger partial charge in [0.2, 0.25) is 0 Å². The van der Waals surface area contributed by atoms with E-state index in [4.69, 9.17) is 0 Å². The van der Waals surface area contributed by atoms with Gasteiger partial charge in [-0.05, 0) is 21.0 Å². The van der Waals surface area contributed by atoms with E-state index in [2.05, 4.69) is 0 Å². The van der Waals surface area contributed by atoms with Crippen LogP contribution in [0.5, 0.6) is 0 Å². The molecule has 0 aliphatic carbocycles. The normalized spacial score (nSPS) is 13.0. The Morgan fingerprint density at radius 1 is 1.31 bits per heavy atom. The van der Waals surface area contributed by atoms with E-state index in [0.29, 0.717) is 6.54 Å². The van der Waals surface area contributed by atoms with E-state index in [-0.39, 0.29) is 24.4 Å². The van der Waals surface area contributed by atoms with Crippen LogP contribution in [-0.4, -0.2) is 48.3 Å². The van der Waals surface area contributed by atoms with Crippen LogP contribution in [-0.2, 0) is 9.59 Å². The monoisotopic (exact) mass is 187 g/mol. The molecule has 4 nitrogen and oxygen atoms in total. The van der Waals surface area contributed by atoms with Crippen LogP contribution in [0.3, 0.4) is 0 Å². The Balaban J connectivity index is 3.76. The van der Waals surface area contributed by atoms with Crippen LogP contribution in [0.2, 0.25) is 0 Å². The number of rotatable bonds is 6. The lowest BCUT2D eigenvalue weighted by Gasteiger charge is -2.14. The van der Waals surface area contributed by atoms with Crippen molar-refractivity contribution in [1.82, 2.24) is 4.90 Å². The first-order valence-electron chi connectivity index (χ1n) is 4.28. The highest BCUT2D eigenvalue weighted by atomic mass is 16.3. The summed E-state index contributed by atoms with van der Waals surface area (Å²) in [4.78, 5) is 23.4. The van der Waals surface area contributed by atoms with Crippen molar-refractivity contribution in [3.05, 3.63) is 0 Å². The number of aliphatic hydroxyl groups is 1. The van der Waals surface area contributed by atoms with Gasteiger partial charge in [0, 0.05) is 19.4 Å². The summed E-state index contributed by atoms with van der Waals surface area (Å²) in [6.07, 6.45) is -0.595. The summed E-state index contributed by atoms with van der Waals surface area (Å²) in [7, 11) is 3.56. The van der Waals surface area contributed by atoms with Gasteiger partial charge < -0.3 is 14.8 Å². The fourth-order valence-electron chi connectivity index (χ4n) is 0.914. The molecule has 0 aromatic carbocycles. The molecule has 0 saturated carbocycles. The number of likely N-dealkylation sites (N-methyl/N-ethyl adjacent to an activating group) is 1. The third-order valence-electron chi connectivity index (χ3n) is 1.63. The van der Waals surface area contributed by atoms with E-state index in [1.807, 2.05) is 0 Å². The zero-order valence-corrected chi connectivity index (χ0v) is 8.41. The van der Waals surface area contributed by atoms with Gasteiger partial charge in [-0.3, -0.25) is 4.79 Å². The molecule has 0 bridgehead atoms. The van der Waals surface area contributed by atoms with Gasteiger partial charge in [-0.2, -0.15) is 0 Å². The number of hydrogen-bond donors (Lipinski definition) is 1. The minimum atomic E-state index is -0.964. The second-order valence-electron chi connectivity index (χ2n) is 3.45. The molecule has 0 radical (unpaired) electrons. The molecule has 0 saturated heterocycles. The second-order valence-corrected chi connectivity index (χ2v) is 3.45. The molecule has 0 aromatic heterocycles. The molecular weight excluding hydrogens is 170 g/mol. The Hall–Kier alpha value is -0.740. The van der Waals surface area contributed by atoms with Crippen LogP contribution in [0.15, 0.2) is 0 Å². The van der Waals surface area contributed by atoms with Gasteiger partial charge in [0.25, 0.3) is 0 Å². The number of hydrogen-bond acceptors (Lipinski definition) is 4. The number of carbonyl (C=O) groups is 2. The zero-order chi connectivity index (χ0) is 10.4. The molecule has 0 rings (SSSR count). The molecule has 13 heavy (non-hydrogen) atoms. The van der Waals surface area contributed by atoms with E-state index in [0.717, 1.165) is 0 Å². The van der Waals surface area contributed by atoms with Crippen molar-refractivity contribution in [1.29, 1.82) is 0 Å². The minimum absolute atomic E-state index is 0.0228. The van der Waals surface area contributed by atoms with Crippen LogP contribution in [0.1, 0.15) is 19.8 Å². The fraction of sp³-hybridized carbons (Fsp3) is 0.778. The lowest BCUT2D eigenvalue weighted by atomic mass is 10.1. The van der Waals surface area contributed by atoms with E-state index < -0.39 is 6.10 Å². The Labute approximate surface area is 78.5 Å². The Bertz CT molecular complexity index is 189. The number of ketones is 2. The average molecular weight is 187 g/mol. The molecule has 0 aliphatic rings. The van der Waals surface area contributed by atoms with Gasteiger partial charge in [0.1, 0.15) is 11.9 Å². The van der Waals surface area contributed by atoms with Gasteiger partial charge in [-0.25, -0.2) is 0 Å². The first-order valence-corrected chi connectivity index (χ1v) is 4.28. The van der Waals surface area contributed by atoms with Crippen molar-refractivity contribution in [3.8, 4) is 0 Å². The lowest BCUT2D eigenvalue weighted by Crippen LogP contribution is -2.32. The lowest BCUT2D eigenvalue weighted by molar-refractivity contribution is -0.129. The smallest absolute Gasteiger partial charge is 0.163 e. The predicted molar refractivity (Wildman–Crippen MR) is 49.5 cm³/mol. The van der Waals surface area contributed by atoms with E-state index in [1.165, 1.54) is 6.92 Å². The molecule has 76 valence electrons. The van der Waals surface area contributed by atoms with Crippen LogP contribution in [0.4, 0.5) is 0 Å². The number of nitrogens with zero attached hydrogens (tertiary/aromatic N) is 1.